The first-order valence-electron chi connectivity index (χ1n) is 7.21. The lowest BCUT2D eigenvalue weighted by atomic mass is 10.1. The Labute approximate surface area is 122 Å². The first-order chi connectivity index (χ1) is 10.2. The quantitative estimate of drug-likeness (QED) is 0.831. The number of carbonyl (C=O) groups excluding carboxylic acids is 1. The first kappa shape index (κ1) is 12.3. The third kappa shape index (κ3) is 2.13. The highest BCUT2D eigenvalue weighted by atomic mass is 16.5. The Hall–Kier alpha value is -2.49. The smallest absolute Gasteiger partial charge is 0.228 e. The summed E-state index contributed by atoms with van der Waals surface area (Å²) in [4.78, 5) is 11.4. The molecule has 0 saturated heterocycles. The molecular weight excluding hydrogens is 264 g/mol. The first-order valence-corrected chi connectivity index (χ1v) is 7.21. The van der Waals surface area contributed by atoms with Gasteiger partial charge in [-0.1, -0.05) is 6.07 Å². The lowest BCUT2D eigenvalue weighted by Gasteiger charge is -2.11. The highest BCUT2D eigenvalue weighted by Crippen LogP contribution is 2.36. The Kier molecular flexibility index (Phi) is 2.64. The van der Waals surface area contributed by atoms with Gasteiger partial charge in [0.05, 0.1) is 12.1 Å². The lowest BCUT2D eigenvalue weighted by Crippen LogP contribution is -2.03. The van der Waals surface area contributed by atoms with E-state index in [2.05, 4.69) is 17.4 Å². The minimum Gasteiger partial charge on any atom is -0.455 e. The van der Waals surface area contributed by atoms with Crippen molar-refractivity contribution in [1.82, 2.24) is 0 Å². The van der Waals surface area contributed by atoms with E-state index in [1.165, 1.54) is 17.5 Å². The third-order valence-electron chi connectivity index (χ3n) is 4.16. The Bertz CT molecular complexity index is 753. The Balaban J connectivity index is 1.66. The van der Waals surface area contributed by atoms with Crippen LogP contribution in [0.25, 0.3) is 0 Å². The van der Waals surface area contributed by atoms with Gasteiger partial charge in [-0.25, -0.2) is 0 Å². The number of benzene rings is 2. The summed E-state index contributed by atoms with van der Waals surface area (Å²) in [6.45, 7) is 0. The zero-order valence-corrected chi connectivity index (χ0v) is 11.6. The van der Waals surface area contributed by atoms with Crippen LogP contribution in [0.4, 0.5) is 11.4 Å². The van der Waals surface area contributed by atoms with Gasteiger partial charge in [0.25, 0.3) is 0 Å². The normalized spacial score (nSPS) is 15.5. The van der Waals surface area contributed by atoms with Crippen LogP contribution in [0.3, 0.4) is 0 Å². The molecular formula is C17H16N2O2. The van der Waals surface area contributed by atoms with Crippen molar-refractivity contribution in [2.24, 2.45) is 0 Å². The van der Waals surface area contributed by atoms with Crippen molar-refractivity contribution in [3.8, 4) is 11.5 Å². The van der Waals surface area contributed by atoms with Crippen LogP contribution in [0, 0.1) is 0 Å². The van der Waals surface area contributed by atoms with Gasteiger partial charge in [0.1, 0.15) is 5.75 Å². The summed E-state index contributed by atoms with van der Waals surface area (Å²) in [7, 11) is 0. The number of hydrogen-bond acceptors (Lipinski definition) is 3. The predicted molar refractivity (Wildman–Crippen MR) is 81.7 cm³/mol. The van der Waals surface area contributed by atoms with Gasteiger partial charge in [0.2, 0.25) is 5.91 Å². The number of nitrogen functional groups attached to an aromatic ring is 1. The molecule has 1 amide bonds. The number of fused-ring (bicyclic) bond motifs is 2. The van der Waals surface area contributed by atoms with Gasteiger partial charge in [0, 0.05) is 11.8 Å². The van der Waals surface area contributed by atoms with E-state index in [9.17, 15) is 4.79 Å². The van der Waals surface area contributed by atoms with Crippen LogP contribution >= 0.6 is 0 Å². The van der Waals surface area contributed by atoms with Gasteiger partial charge in [0.15, 0.2) is 5.75 Å². The molecule has 4 heteroatoms. The second kappa shape index (κ2) is 4.52. The zero-order chi connectivity index (χ0) is 14.4. The zero-order valence-electron chi connectivity index (χ0n) is 11.6. The maximum atomic E-state index is 11.4. The molecule has 0 fully saturated rings. The molecule has 0 radical (unpaired) electrons. The summed E-state index contributed by atoms with van der Waals surface area (Å²) in [5.74, 6) is 1.39. The number of nitrogens with two attached hydrogens (primary N) is 1. The molecule has 4 rings (SSSR count). The minimum absolute atomic E-state index is 0.000851. The standard InChI is InChI=1S/C17H16N2O2/c18-14-7-12-8-17(20)19-15(12)9-16(14)21-13-5-4-10-2-1-3-11(10)6-13/h4-7,9H,1-3,8,18H2,(H,19,20). The molecule has 2 aromatic rings. The van der Waals surface area contributed by atoms with Crippen LogP contribution in [-0.4, -0.2) is 5.91 Å². The second-order valence-electron chi connectivity index (χ2n) is 5.66. The molecule has 0 saturated carbocycles. The number of amides is 1. The molecule has 21 heavy (non-hydrogen) atoms. The monoisotopic (exact) mass is 280 g/mol. The fourth-order valence-corrected chi connectivity index (χ4v) is 3.10. The minimum atomic E-state index is -0.000851. The van der Waals surface area contributed by atoms with Crippen LogP contribution in [-0.2, 0) is 24.1 Å². The van der Waals surface area contributed by atoms with Gasteiger partial charge in [-0.2, -0.15) is 0 Å². The van der Waals surface area contributed by atoms with Crippen molar-refractivity contribution in [3.05, 3.63) is 47.0 Å². The molecule has 0 spiro atoms. The van der Waals surface area contributed by atoms with E-state index < -0.39 is 0 Å². The molecule has 2 aliphatic rings. The number of ether oxygens (including phenoxy) is 1. The van der Waals surface area contributed by atoms with Crippen molar-refractivity contribution in [2.75, 3.05) is 11.1 Å². The molecule has 1 heterocycles. The average Bonchev–Trinajstić information content (AvgIpc) is 3.04. The second-order valence-corrected chi connectivity index (χ2v) is 5.66. The van der Waals surface area contributed by atoms with Crippen molar-refractivity contribution < 1.29 is 9.53 Å². The van der Waals surface area contributed by atoms with E-state index in [4.69, 9.17) is 10.5 Å². The molecule has 0 bridgehead atoms. The largest absolute Gasteiger partial charge is 0.455 e. The molecule has 2 aromatic carbocycles. The van der Waals surface area contributed by atoms with Crippen molar-refractivity contribution in [3.63, 3.8) is 0 Å². The summed E-state index contributed by atoms with van der Waals surface area (Å²) in [6, 6.07) is 9.82. The molecule has 0 atom stereocenters. The third-order valence-corrected chi connectivity index (χ3v) is 4.16. The molecule has 4 nitrogen and oxygen atoms in total. The average molecular weight is 280 g/mol. The molecule has 1 aliphatic heterocycles. The molecule has 1 aliphatic carbocycles. The van der Waals surface area contributed by atoms with Crippen LogP contribution in [0.15, 0.2) is 30.3 Å². The SMILES string of the molecule is Nc1cc2c(cc1Oc1ccc3c(c1)CCC3)NC(=O)C2. The van der Waals surface area contributed by atoms with Crippen LogP contribution in [0.2, 0.25) is 0 Å². The Morgan fingerprint density at radius 3 is 2.81 bits per heavy atom. The van der Waals surface area contributed by atoms with Gasteiger partial charge in [-0.15, -0.1) is 0 Å². The molecule has 0 unspecified atom stereocenters. The van der Waals surface area contributed by atoms with Crippen molar-refractivity contribution in [1.29, 1.82) is 0 Å². The predicted octanol–water partition coefficient (Wildman–Crippen LogP) is 3.04. The number of carbonyl (C=O) groups is 1. The van der Waals surface area contributed by atoms with Gasteiger partial charge in [-0.05, 0) is 54.2 Å². The summed E-state index contributed by atoms with van der Waals surface area (Å²) in [5.41, 5.74) is 11.1. The topological polar surface area (TPSA) is 64.3 Å². The molecule has 3 N–H and O–H groups in total. The van der Waals surface area contributed by atoms with Gasteiger partial charge >= 0.3 is 0 Å². The van der Waals surface area contributed by atoms with E-state index in [1.54, 1.807) is 0 Å². The van der Waals surface area contributed by atoms with Crippen molar-refractivity contribution in [2.45, 2.75) is 25.7 Å². The summed E-state index contributed by atoms with van der Waals surface area (Å²) in [6.07, 6.45) is 3.87. The van der Waals surface area contributed by atoms with Gasteiger partial charge < -0.3 is 15.8 Å². The molecule has 0 aromatic heterocycles. The Morgan fingerprint density at radius 2 is 1.90 bits per heavy atom. The number of rotatable bonds is 2. The number of aryl methyl sites for hydroxylation is 2. The fourth-order valence-electron chi connectivity index (χ4n) is 3.10. The maximum absolute atomic E-state index is 11.4. The Morgan fingerprint density at radius 1 is 1.05 bits per heavy atom. The van der Waals surface area contributed by atoms with Gasteiger partial charge in [-0.3, -0.25) is 4.79 Å². The highest BCUT2D eigenvalue weighted by molar-refractivity contribution is 6.00. The van der Waals surface area contributed by atoms with Crippen LogP contribution in [0.5, 0.6) is 11.5 Å². The number of nitrogens with one attached hydrogen (secondary N) is 1. The van der Waals surface area contributed by atoms with Crippen LogP contribution in [0.1, 0.15) is 23.1 Å². The fraction of sp³-hybridized carbons (Fsp3) is 0.235. The molecule has 106 valence electrons. The van der Waals surface area contributed by atoms with E-state index in [0.29, 0.717) is 17.9 Å². The van der Waals surface area contributed by atoms with E-state index in [1.807, 2.05) is 18.2 Å². The lowest BCUT2D eigenvalue weighted by molar-refractivity contribution is -0.115. The summed E-state index contributed by atoms with van der Waals surface area (Å²) < 4.78 is 5.92. The number of anilines is 2. The summed E-state index contributed by atoms with van der Waals surface area (Å²) >= 11 is 0. The highest BCUT2D eigenvalue weighted by Gasteiger charge is 2.20. The van der Waals surface area contributed by atoms with E-state index in [-0.39, 0.29) is 5.91 Å². The van der Waals surface area contributed by atoms with Crippen LogP contribution < -0.4 is 15.8 Å². The maximum Gasteiger partial charge on any atom is 0.228 e. The number of hydrogen-bond donors (Lipinski definition) is 2. The van der Waals surface area contributed by atoms with E-state index >= 15 is 0 Å². The van der Waals surface area contributed by atoms with E-state index in [0.717, 1.165) is 29.8 Å². The summed E-state index contributed by atoms with van der Waals surface area (Å²) in [5, 5.41) is 2.82. The van der Waals surface area contributed by atoms with Crippen molar-refractivity contribution >= 4 is 17.3 Å².